The number of aryl methyl sites for hydroxylation is 1. The van der Waals surface area contributed by atoms with Crippen LogP contribution >= 0.6 is 11.6 Å². The number of aromatic nitrogens is 1. The van der Waals surface area contributed by atoms with Gasteiger partial charge in [-0.2, -0.15) is 0 Å². The molecule has 5 rings (SSSR count). The van der Waals surface area contributed by atoms with E-state index in [9.17, 15) is 9.59 Å². The van der Waals surface area contributed by atoms with Crippen LogP contribution in [0.15, 0.2) is 72.9 Å². The Hall–Kier alpha value is -3.81. The molecule has 1 aliphatic rings. The van der Waals surface area contributed by atoms with Gasteiger partial charge in [0.05, 0.1) is 31.4 Å². The lowest BCUT2D eigenvalue weighted by Crippen LogP contribution is -2.47. The molecule has 2 amide bonds. The number of nitrogens with one attached hydrogen (secondary N) is 1. The van der Waals surface area contributed by atoms with E-state index in [4.69, 9.17) is 21.1 Å². The maximum Gasteiger partial charge on any atom is 0.254 e. The molecular weight excluding hydrogens is 490 g/mol. The summed E-state index contributed by atoms with van der Waals surface area (Å²) in [7, 11) is 5.11. The fourth-order valence-electron chi connectivity index (χ4n) is 5.25. The standard InChI is InChI=1S/C29H28ClN3O4/c1-32-17-22(19-8-6-7-11-24(19)32)27-26(28(34)31-23-16-18(30)12-13-25(23)37-3)20-9-4-5-10-21(20)29(35)33(27)14-15-36-2/h4-13,16-17,26-27H,14-15H2,1-3H3,(H,31,34)/t26-,27-/m0/s1. The highest BCUT2D eigenvalue weighted by atomic mass is 35.5. The van der Waals surface area contributed by atoms with Crippen molar-refractivity contribution in [3.05, 3.63) is 94.6 Å². The average molecular weight is 518 g/mol. The lowest BCUT2D eigenvalue weighted by atomic mass is 9.79. The van der Waals surface area contributed by atoms with Crippen LogP contribution in [0.25, 0.3) is 10.9 Å². The Balaban J connectivity index is 1.70. The molecule has 0 saturated carbocycles. The second kappa shape index (κ2) is 10.3. The van der Waals surface area contributed by atoms with E-state index in [0.29, 0.717) is 40.7 Å². The zero-order valence-electron chi connectivity index (χ0n) is 20.9. The maximum absolute atomic E-state index is 14.2. The summed E-state index contributed by atoms with van der Waals surface area (Å²) in [5, 5.41) is 4.50. The summed E-state index contributed by atoms with van der Waals surface area (Å²) >= 11 is 6.24. The highest BCUT2D eigenvalue weighted by molar-refractivity contribution is 6.31. The Morgan fingerprint density at radius 1 is 1.03 bits per heavy atom. The molecule has 3 aromatic carbocycles. The van der Waals surface area contributed by atoms with Crippen LogP contribution < -0.4 is 10.1 Å². The number of hydrogen-bond donors (Lipinski definition) is 1. The molecule has 0 fully saturated rings. The number of benzene rings is 3. The van der Waals surface area contributed by atoms with Crippen molar-refractivity contribution in [3.63, 3.8) is 0 Å². The van der Waals surface area contributed by atoms with E-state index in [-0.39, 0.29) is 11.8 Å². The fourth-order valence-corrected chi connectivity index (χ4v) is 5.43. The Bertz CT molecular complexity index is 1480. The molecule has 7 nitrogen and oxygen atoms in total. The highest BCUT2D eigenvalue weighted by Crippen LogP contribution is 2.46. The van der Waals surface area contributed by atoms with E-state index in [1.54, 1.807) is 43.4 Å². The average Bonchev–Trinajstić information content (AvgIpc) is 3.24. The molecule has 0 saturated heterocycles. The van der Waals surface area contributed by atoms with E-state index in [2.05, 4.69) is 5.32 Å². The second-order valence-electron chi connectivity index (χ2n) is 9.05. The summed E-state index contributed by atoms with van der Waals surface area (Å²) in [6, 6.07) is 19.8. The van der Waals surface area contributed by atoms with Gasteiger partial charge in [0.2, 0.25) is 5.91 Å². The maximum atomic E-state index is 14.2. The van der Waals surface area contributed by atoms with Gasteiger partial charge in [-0.25, -0.2) is 0 Å². The number of halogens is 1. The molecule has 2 heterocycles. The number of ether oxygens (including phenoxy) is 2. The third-order valence-corrected chi connectivity index (χ3v) is 7.16. The number of amides is 2. The Morgan fingerprint density at radius 3 is 2.57 bits per heavy atom. The molecule has 37 heavy (non-hydrogen) atoms. The summed E-state index contributed by atoms with van der Waals surface area (Å²) in [5.41, 5.74) is 3.57. The lowest BCUT2D eigenvalue weighted by Gasteiger charge is -2.41. The van der Waals surface area contributed by atoms with Crippen molar-refractivity contribution in [2.75, 3.05) is 32.7 Å². The minimum Gasteiger partial charge on any atom is -0.495 e. The summed E-state index contributed by atoms with van der Waals surface area (Å²) in [5.74, 6) is -0.591. The summed E-state index contributed by atoms with van der Waals surface area (Å²) < 4.78 is 12.9. The van der Waals surface area contributed by atoms with E-state index in [1.165, 1.54) is 0 Å². The van der Waals surface area contributed by atoms with Crippen LogP contribution in [0.3, 0.4) is 0 Å². The highest BCUT2D eigenvalue weighted by Gasteiger charge is 2.45. The van der Waals surface area contributed by atoms with Crippen molar-refractivity contribution < 1.29 is 19.1 Å². The molecule has 0 aliphatic carbocycles. The zero-order valence-corrected chi connectivity index (χ0v) is 21.7. The van der Waals surface area contributed by atoms with Gasteiger partial charge in [0.15, 0.2) is 0 Å². The molecule has 8 heteroatoms. The molecule has 1 aromatic heterocycles. The van der Waals surface area contributed by atoms with Gasteiger partial charge in [0.25, 0.3) is 5.91 Å². The van der Waals surface area contributed by atoms with Crippen molar-refractivity contribution in [2.45, 2.75) is 12.0 Å². The van der Waals surface area contributed by atoms with Crippen LogP contribution in [0.4, 0.5) is 5.69 Å². The first-order valence-electron chi connectivity index (χ1n) is 12.0. The zero-order chi connectivity index (χ0) is 26.1. The minimum atomic E-state index is -0.694. The summed E-state index contributed by atoms with van der Waals surface area (Å²) in [6.07, 6.45) is 2.01. The first kappa shape index (κ1) is 24.9. The number of fused-ring (bicyclic) bond motifs is 2. The Kier molecular flexibility index (Phi) is 6.91. The number of para-hydroxylation sites is 1. The van der Waals surface area contributed by atoms with Crippen molar-refractivity contribution in [1.82, 2.24) is 9.47 Å². The van der Waals surface area contributed by atoms with Gasteiger partial charge in [-0.3, -0.25) is 9.59 Å². The Morgan fingerprint density at radius 2 is 1.78 bits per heavy atom. The van der Waals surface area contributed by atoms with Gasteiger partial charge >= 0.3 is 0 Å². The number of hydrogen-bond acceptors (Lipinski definition) is 4. The molecule has 0 unspecified atom stereocenters. The van der Waals surface area contributed by atoms with Gasteiger partial charge in [-0.05, 0) is 35.9 Å². The lowest BCUT2D eigenvalue weighted by molar-refractivity contribution is -0.119. The molecule has 0 spiro atoms. The van der Waals surface area contributed by atoms with Gasteiger partial charge in [-0.1, -0.05) is 48.0 Å². The van der Waals surface area contributed by atoms with Crippen LogP contribution in [0.1, 0.15) is 33.4 Å². The third-order valence-electron chi connectivity index (χ3n) is 6.92. The van der Waals surface area contributed by atoms with E-state index in [1.807, 2.05) is 60.3 Å². The first-order valence-corrected chi connectivity index (χ1v) is 12.4. The number of anilines is 1. The van der Waals surface area contributed by atoms with Crippen LogP contribution in [-0.4, -0.2) is 48.7 Å². The van der Waals surface area contributed by atoms with Crippen LogP contribution in [0.5, 0.6) is 5.75 Å². The third kappa shape index (κ3) is 4.45. The molecule has 1 N–H and O–H groups in total. The van der Waals surface area contributed by atoms with Gasteiger partial charge in [0.1, 0.15) is 5.75 Å². The van der Waals surface area contributed by atoms with Crippen LogP contribution in [0.2, 0.25) is 5.02 Å². The van der Waals surface area contributed by atoms with E-state index in [0.717, 1.165) is 16.5 Å². The predicted molar refractivity (Wildman–Crippen MR) is 144 cm³/mol. The van der Waals surface area contributed by atoms with Crippen LogP contribution in [-0.2, 0) is 16.6 Å². The summed E-state index contributed by atoms with van der Waals surface area (Å²) in [6.45, 7) is 0.674. The Labute approximate surface area is 220 Å². The number of methoxy groups -OCH3 is 2. The van der Waals surface area contributed by atoms with Gasteiger partial charge in [-0.15, -0.1) is 0 Å². The quantitative estimate of drug-likeness (QED) is 0.356. The fraction of sp³-hybridized carbons (Fsp3) is 0.241. The smallest absolute Gasteiger partial charge is 0.254 e. The van der Waals surface area contributed by atoms with Crippen LogP contribution in [0, 0.1) is 0 Å². The molecule has 0 radical (unpaired) electrons. The largest absolute Gasteiger partial charge is 0.495 e. The van der Waals surface area contributed by atoms with E-state index < -0.39 is 12.0 Å². The molecular formula is C29H28ClN3O4. The number of carbonyl (C=O) groups is 2. The number of nitrogens with zero attached hydrogens (tertiary/aromatic N) is 2. The monoisotopic (exact) mass is 517 g/mol. The van der Waals surface area contributed by atoms with Gasteiger partial charge < -0.3 is 24.3 Å². The predicted octanol–water partition coefficient (Wildman–Crippen LogP) is 5.41. The number of carbonyl (C=O) groups excluding carboxylic acids is 2. The van der Waals surface area contributed by atoms with Gasteiger partial charge in [0, 0.05) is 54.0 Å². The van der Waals surface area contributed by atoms with E-state index >= 15 is 0 Å². The first-order chi connectivity index (χ1) is 17.9. The summed E-state index contributed by atoms with van der Waals surface area (Å²) in [4.78, 5) is 29.7. The molecule has 2 atom stereocenters. The van der Waals surface area contributed by atoms with Crippen molar-refractivity contribution >= 4 is 40.0 Å². The SMILES string of the molecule is COCCN1C(=O)c2ccccc2[C@H](C(=O)Nc2cc(Cl)ccc2OC)[C@@H]1c1cn(C)c2ccccc12. The molecule has 0 bridgehead atoms. The molecule has 190 valence electrons. The molecule has 1 aliphatic heterocycles. The normalized spacial score (nSPS) is 17.1. The van der Waals surface area contributed by atoms with Crippen molar-refractivity contribution in [3.8, 4) is 5.75 Å². The second-order valence-corrected chi connectivity index (χ2v) is 9.48. The number of rotatable bonds is 7. The van der Waals surface area contributed by atoms with Crippen molar-refractivity contribution in [2.24, 2.45) is 7.05 Å². The minimum absolute atomic E-state index is 0.130. The molecule has 4 aromatic rings. The van der Waals surface area contributed by atoms with Crippen molar-refractivity contribution in [1.29, 1.82) is 0 Å². The topological polar surface area (TPSA) is 72.8 Å².